The summed E-state index contributed by atoms with van der Waals surface area (Å²) in [6.45, 7) is 1.53. The van der Waals surface area contributed by atoms with Gasteiger partial charge in [-0.25, -0.2) is 15.0 Å². The van der Waals surface area contributed by atoms with E-state index in [9.17, 15) is 15.3 Å². The topological polar surface area (TPSA) is 140 Å². The van der Waals surface area contributed by atoms with Crippen LogP contribution in [-0.4, -0.2) is 59.8 Å². The van der Waals surface area contributed by atoms with E-state index in [1.807, 2.05) is 37.3 Å². The van der Waals surface area contributed by atoms with Crippen LogP contribution in [0, 0.1) is 0 Å². The molecule has 0 radical (unpaired) electrons. The highest BCUT2D eigenvalue weighted by Gasteiger charge is 2.59. The minimum Gasteiger partial charge on any atom is -0.394 e. The van der Waals surface area contributed by atoms with Crippen molar-refractivity contribution in [2.45, 2.75) is 43.3 Å². The van der Waals surface area contributed by atoms with Crippen LogP contribution < -0.4 is 5.73 Å². The Kier molecular flexibility index (Phi) is 4.76. The Bertz CT molecular complexity index is 965. The minimum absolute atomic E-state index is 0.207. The summed E-state index contributed by atoms with van der Waals surface area (Å²) in [5.74, 6) is -0.151. The molecule has 1 aliphatic rings. The molecule has 1 saturated heterocycles. The molecule has 3 aromatic rings. The summed E-state index contributed by atoms with van der Waals surface area (Å²) in [5.41, 5.74) is 6.17. The molecule has 2 aromatic heterocycles. The highest BCUT2D eigenvalue weighted by atomic mass is 16.6. The van der Waals surface area contributed by atoms with E-state index < -0.39 is 30.6 Å². The van der Waals surface area contributed by atoms with Crippen LogP contribution in [0.3, 0.4) is 0 Å². The fraction of sp³-hybridized carbons (Fsp3) is 0.421. The molecule has 1 aliphatic heterocycles. The first-order valence-corrected chi connectivity index (χ1v) is 9.18. The predicted molar refractivity (Wildman–Crippen MR) is 101 cm³/mol. The van der Waals surface area contributed by atoms with Crippen LogP contribution in [0.15, 0.2) is 43.0 Å². The first kappa shape index (κ1) is 18.8. The van der Waals surface area contributed by atoms with E-state index in [4.69, 9.17) is 10.5 Å². The molecule has 148 valence electrons. The molecule has 0 aliphatic carbocycles. The second-order valence-corrected chi connectivity index (χ2v) is 6.94. The van der Waals surface area contributed by atoms with Gasteiger partial charge in [-0.1, -0.05) is 37.3 Å². The van der Waals surface area contributed by atoms with E-state index in [-0.39, 0.29) is 11.7 Å². The SMILES string of the molecule is CCC(c1ccccc1)[C@@]1(n2cnc3c(N)ncnc32)O[C@H](CO)[C@@H](O)[C@H]1O. The average molecular weight is 385 g/mol. The molecular weight excluding hydrogens is 362 g/mol. The number of rotatable bonds is 5. The Balaban J connectivity index is 1.98. The fourth-order valence-electron chi connectivity index (χ4n) is 4.19. The van der Waals surface area contributed by atoms with Crippen molar-refractivity contribution in [3.63, 3.8) is 0 Å². The lowest BCUT2D eigenvalue weighted by Gasteiger charge is -2.40. The number of nitrogens with zero attached hydrogens (tertiary/aromatic N) is 4. The Morgan fingerprint density at radius 3 is 2.61 bits per heavy atom. The zero-order valence-electron chi connectivity index (χ0n) is 15.4. The molecule has 1 fully saturated rings. The monoisotopic (exact) mass is 385 g/mol. The molecule has 5 N–H and O–H groups in total. The van der Waals surface area contributed by atoms with E-state index >= 15 is 0 Å². The van der Waals surface area contributed by atoms with Gasteiger partial charge in [-0.2, -0.15) is 0 Å². The lowest BCUT2D eigenvalue weighted by Crippen LogP contribution is -2.50. The van der Waals surface area contributed by atoms with Crippen LogP contribution in [0.1, 0.15) is 24.8 Å². The molecule has 9 heteroatoms. The summed E-state index contributed by atoms with van der Waals surface area (Å²) in [6, 6.07) is 9.58. The third kappa shape index (κ3) is 2.59. The lowest BCUT2D eigenvalue weighted by molar-refractivity contribution is -0.163. The molecule has 4 rings (SSSR count). The molecule has 5 atom stereocenters. The van der Waals surface area contributed by atoms with Crippen molar-refractivity contribution in [3.8, 4) is 0 Å². The van der Waals surface area contributed by atoms with E-state index in [0.717, 1.165) is 5.56 Å². The van der Waals surface area contributed by atoms with Crippen LogP contribution in [0.5, 0.6) is 0 Å². The van der Waals surface area contributed by atoms with Gasteiger partial charge >= 0.3 is 0 Å². The molecule has 1 unspecified atom stereocenters. The number of aliphatic hydroxyl groups is 3. The van der Waals surface area contributed by atoms with Crippen molar-refractivity contribution < 1.29 is 20.1 Å². The first-order valence-electron chi connectivity index (χ1n) is 9.18. The van der Waals surface area contributed by atoms with Crippen LogP contribution >= 0.6 is 0 Å². The fourth-order valence-corrected chi connectivity index (χ4v) is 4.19. The third-order valence-electron chi connectivity index (χ3n) is 5.50. The van der Waals surface area contributed by atoms with E-state index in [1.54, 1.807) is 4.57 Å². The number of aromatic nitrogens is 4. The smallest absolute Gasteiger partial charge is 0.183 e. The number of ether oxygens (including phenoxy) is 1. The van der Waals surface area contributed by atoms with Crippen molar-refractivity contribution in [1.29, 1.82) is 0 Å². The van der Waals surface area contributed by atoms with Gasteiger partial charge in [-0.15, -0.1) is 0 Å². The minimum atomic E-state index is -1.43. The summed E-state index contributed by atoms with van der Waals surface area (Å²) < 4.78 is 7.80. The number of hydrogen-bond acceptors (Lipinski definition) is 8. The summed E-state index contributed by atoms with van der Waals surface area (Å²) in [5, 5.41) is 31.4. The zero-order valence-corrected chi connectivity index (χ0v) is 15.4. The van der Waals surface area contributed by atoms with E-state index in [2.05, 4.69) is 15.0 Å². The molecule has 9 nitrogen and oxygen atoms in total. The molecule has 0 amide bonds. The lowest BCUT2D eigenvalue weighted by atomic mass is 9.82. The number of nitrogen functional groups attached to an aromatic ring is 1. The summed E-state index contributed by atoms with van der Waals surface area (Å²) in [7, 11) is 0. The summed E-state index contributed by atoms with van der Waals surface area (Å²) in [4.78, 5) is 12.5. The standard InChI is InChI=1S/C19H23N5O4/c1-2-12(11-6-4-3-5-7-11)19(16(27)15(26)13(8-25)28-19)24-10-23-14-17(20)21-9-22-18(14)24/h3-7,9-10,12-13,15-16,25-27H,2,8H2,1H3,(H2,20,21,22)/t12?,13-,15-,16-,19-/m1/s1. The van der Waals surface area contributed by atoms with Crippen molar-refractivity contribution in [2.24, 2.45) is 0 Å². The van der Waals surface area contributed by atoms with E-state index in [0.29, 0.717) is 17.6 Å². The first-order chi connectivity index (χ1) is 13.5. The van der Waals surface area contributed by atoms with Gasteiger partial charge in [0, 0.05) is 5.92 Å². The van der Waals surface area contributed by atoms with Gasteiger partial charge in [-0.05, 0) is 12.0 Å². The number of imidazole rings is 1. The third-order valence-corrected chi connectivity index (χ3v) is 5.50. The maximum atomic E-state index is 11.2. The molecule has 0 saturated carbocycles. The number of benzene rings is 1. The number of anilines is 1. The van der Waals surface area contributed by atoms with E-state index in [1.165, 1.54) is 12.7 Å². The van der Waals surface area contributed by atoms with Crippen molar-refractivity contribution in [2.75, 3.05) is 12.3 Å². The van der Waals surface area contributed by atoms with Crippen LogP contribution in [0.25, 0.3) is 11.2 Å². The second kappa shape index (κ2) is 7.10. The largest absolute Gasteiger partial charge is 0.394 e. The second-order valence-electron chi connectivity index (χ2n) is 6.94. The Morgan fingerprint density at radius 1 is 1.21 bits per heavy atom. The molecule has 0 bridgehead atoms. The van der Waals surface area contributed by atoms with Gasteiger partial charge in [0.25, 0.3) is 0 Å². The van der Waals surface area contributed by atoms with Crippen molar-refractivity contribution in [3.05, 3.63) is 48.5 Å². The molecule has 0 spiro atoms. The average Bonchev–Trinajstić information content (AvgIpc) is 3.26. The van der Waals surface area contributed by atoms with Crippen LogP contribution in [0.2, 0.25) is 0 Å². The van der Waals surface area contributed by atoms with Gasteiger partial charge in [0.15, 0.2) is 17.2 Å². The zero-order chi connectivity index (χ0) is 19.9. The highest BCUT2D eigenvalue weighted by molar-refractivity contribution is 5.81. The number of nitrogens with two attached hydrogens (primary N) is 1. The maximum absolute atomic E-state index is 11.2. The Labute approximate surface area is 161 Å². The van der Waals surface area contributed by atoms with Gasteiger partial charge in [0.05, 0.1) is 12.9 Å². The van der Waals surface area contributed by atoms with Gasteiger partial charge in [0.2, 0.25) is 0 Å². The normalized spacial score (nSPS) is 28.6. The molecular formula is C19H23N5O4. The highest BCUT2D eigenvalue weighted by Crippen LogP contribution is 2.48. The molecule has 3 heterocycles. The summed E-state index contributed by atoms with van der Waals surface area (Å²) >= 11 is 0. The van der Waals surface area contributed by atoms with Gasteiger partial charge in [-0.3, -0.25) is 4.57 Å². The number of fused-ring (bicyclic) bond motifs is 1. The Morgan fingerprint density at radius 2 is 1.96 bits per heavy atom. The molecule has 28 heavy (non-hydrogen) atoms. The number of hydrogen-bond donors (Lipinski definition) is 4. The van der Waals surface area contributed by atoms with Crippen molar-refractivity contribution >= 4 is 17.0 Å². The number of aliphatic hydroxyl groups excluding tert-OH is 3. The van der Waals surface area contributed by atoms with Crippen LogP contribution in [-0.2, 0) is 10.5 Å². The maximum Gasteiger partial charge on any atom is 0.183 e. The predicted octanol–water partition coefficient (Wildman–Crippen LogP) is 0.368. The summed E-state index contributed by atoms with van der Waals surface area (Å²) in [6.07, 6.45) is -0.176. The molecule has 1 aromatic carbocycles. The van der Waals surface area contributed by atoms with Gasteiger partial charge < -0.3 is 25.8 Å². The quantitative estimate of drug-likeness (QED) is 0.494. The Hall–Kier alpha value is -2.59. The van der Waals surface area contributed by atoms with Gasteiger partial charge in [0.1, 0.15) is 30.2 Å². The van der Waals surface area contributed by atoms with Crippen LogP contribution in [0.4, 0.5) is 5.82 Å². The van der Waals surface area contributed by atoms with Crippen molar-refractivity contribution in [1.82, 2.24) is 19.5 Å².